The summed E-state index contributed by atoms with van der Waals surface area (Å²) in [6, 6.07) is 10.8. The zero-order valence-corrected chi connectivity index (χ0v) is 19.1. The van der Waals surface area contributed by atoms with Gasteiger partial charge in [0.15, 0.2) is 11.9 Å². The number of fused-ring (bicyclic) bond motifs is 1. The second-order valence-electron chi connectivity index (χ2n) is 7.27. The Hall–Kier alpha value is -3.24. The quantitative estimate of drug-likeness (QED) is 0.292. The van der Waals surface area contributed by atoms with E-state index in [0.717, 1.165) is 17.0 Å². The molecule has 1 aromatic heterocycles. The Labute approximate surface area is 186 Å². The Morgan fingerprint density at radius 2 is 1.84 bits per heavy atom. The van der Waals surface area contributed by atoms with Gasteiger partial charge in [0.1, 0.15) is 0 Å². The molecule has 0 bridgehead atoms. The summed E-state index contributed by atoms with van der Waals surface area (Å²) in [5, 5.41) is 12.4. The van der Waals surface area contributed by atoms with E-state index >= 15 is 0 Å². The largest absolute Gasteiger partial charge is 0.475 e. The highest BCUT2D eigenvalue weighted by Gasteiger charge is 2.29. The normalized spacial score (nSPS) is 12.8. The van der Waals surface area contributed by atoms with Crippen molar-refractivity contribution in [1.29, 1.82) is 0 Å². The number of hydrogen-bond acceptors (Lipinski definition) is 6. The summed E-state index contributed by atoms with van der Waals surface area (Å²) in [6.07, 6.45) is -1.03. The number of benzene rings is 2. The molecule has 1 atom stereocenters. The Morgan fingerprint density at radius 1 is 1.19 bits per heavy atom. The molecule has 0 fully saturated rings. The molecule has 0 spiro atoms. The number of Topliss-reactive ketones (excluding diaryl/α,β-unsaturated/α-hetero) is 1. The number of nitrogens with zero attached hydrogens (tertiary/aromatic N) is 2. The topological polar surface area (TPSA) is 123 Å². The minimum Gasteiger partial charge on any atom is -0.475 e. The number of aromatic nitrogens is 1. The number of nitro benzene ring substituents is 1. The van der Waals surface area contributed by atoms with Crippen LogP contribution in [0.15, 0.2) is 47.4 Å². The maximum atomic E-state index is 13.1. The van der Waals surface area contributed by atoms with E-state index in [1.807, 2.05) is 24.3 Å². The first-order valence-electron chi connectivity index (χ1n) is 10.2. The van der Waals surface area contributed by atoms with Crippen molar-refractivity contribution >= 4 is 32.4 Å². The van der Waals surface area contributed by atoms with Crippen molar-refractivity contribution in [3.63, 3.8) is 0 Å². The maximum Gasteiger partial charge on any atom is 0.312 e. The summed E-state index contributed by atoms with van der Waals surface area (Å²) in [7, 11) is -3.88. The molecule has 0 amide bonds. The lowest BCUT2D eigenvalue weighted by atomic mass is 10.0. The molecular formula is C22H25N3O6S. The van der Waals surface area contributed by atoms with Crippen LogP contribution in [-0.2, 0) is 10.0 Å². The summed E-state index contributed by atoms with van der Waals surface area (Å²) in [6.45, 7) is 7.13. The Kier molecular flexibility index (Phi) is 6.65. The van der Waals surface area contributed by atoms with Gasteiger partial charge in [-0.05, 0) is 32.0 Å². The number of aromatic amines is 1. The number of nitro groups is 1. The minimum absolute atomic E-state index is 0.174. The number of carbonyl (C=O) groups is 1. The van der Waals surface area contributed by atoms with Crippen molar-refractivity contribution in [2.75, 3.05) is 13.1 Å². The molecule has 0 aliphatic rings. The number of ether oxygens (including phenoxy) is 1. The van der Waals surface area contributed by atoms with Crippen LogP contribution in [-0.4, -0.2) is 47.6 Å². The van der Waals surface area contributed by atoms with Gasteiger partial charge in [0, 0.05) is 41.3 Å². The fourth-order valence-corrected chi connectivity index (χ4v) is 5.13. The molecule has 2 aromatic carbocycles. The van der Waals surface area contributed by atoms with E-state index in [9.17, 15) is 23.3 Å². The monoisotopic (exact) mass is 459 g/mol. The maximum absolute atomic E-state index is 13.1. The second-order valence-corrected chi connectivity index (χ2v) is 9.21. The highest BCUT2D eigenvalue weighted by Crippen LogP contribution is 2.32. The summed E-state index contributed by atoms with van der Waals surface area (Å²) in [4.78, 5) is 27.0. The van der Waals surface area contributed by atoms with Crippen LogP contribution in [0.25, 0.3) is 10.9 Å². The second kappa shape index (κ2) is 9.09. The number of rotatable bonds is 9. The number of hydrogen-bond donors (Lipinski definition) is 1. The van der Waals surface area contributed by atoms with Crippen molar-refractivity contribution < 1.29 is 22.9 Å². The Bertz CT molecular complexity index is 1280. The van der Waals surface area contributed by atoms with Crippen LogP contribution in [0.4, 0.5) is 5.69 Å². The highest BCUT2D eigenvalue weighted by molar-refractivity contribution is 7.89. The summed E-state index contributed by atoms with van der Waals surface area (Å²) >= 11 is 0. The summed E-state index contributed by atoms with van der Waals surface area (Å²) in [5.41, 5.74) is 1.41. The molecule has 0 saturated heterocycles. The molecule has 0 saturated carbocycles. The number of carbonyl (C=O) groups excluding carboxylic acids is 1. The Morgan fingerprint density at radius 3 is 2.47 bits per heavy atom. The average Bonchev–Trinajstić information content (AvgIpc) is 3.09. The Balaban J connectivity index is 1.95. The molecule has 3 rings (SSSR count). The van der Waals surface area contributed by atoms with Gasteiger partial charge >= 0.3 is 5.69 Å². The lowest BCUT2D eigenvalue weighted by Gasteiger charge is -2.19. The van der Waals surface area contributed by atoms with Gasteiger partial charge in [-0.25, -0.2) is 8.42 Å². The highest BCUT2D eigenvalue weighted by atomic mass is 32.2. The van der Waals surface area contributed by atoms with E-state index in [1.54, 1.807) is 20.8 Å². The van der Waals surface area contributed by atoms with Gasteiger partial charge in [0.2, 0.25) is 15.8 Å². The van der Waals surface area contributed by atoms with Gasteiger partial charge in [-0.2, -0.15) is 4.31 Å². The van der Waals surface area contributed by atoms with Gasteiger partial charge in [-0.15, -0.1) is 0 Å². The lowest BCUT2D eigenvalue weighted by Crippen LogP contribution is -2.30. The zero-order chi connectivity index (χ0) is 23.6. The van der Waals surface area contributed by atoms with Crippen LogP contribution in [0.5, 0.6) is 5.75 Å². The van der Waals surface area contributed by atoms with Crippen molar-refractivity contribution in [3.05, 3.63) is 63.8 Å². The molecule has 1 unspecified atom stereocenters. The molecule has 32 heavy (non-hydrogen) atoms. The van der Waals surface area contributed by atoms with Crippen molar-refractivity contribution in [2.45, 2.75) is 38.7 Å². The average molecular weight is 460 g/mol. The molecule has 9 nitrogen and oxygen atoms in total. The number of para-hydroxylation sites is 1. The molecule has 0 aliphatic carbocycles. The van der Waals surface area contributed by atoms with E-state index in [0.29, 0.717) is 11.3 Å². The molecule has 10 heteroatoms. The van der Waals surface area contributed by atoms with Crippen LogP contribution >= 0.6 is 0 Å². The first kappa shape index (κ1) is 23.4. The third kappa shape index (κ3) is 4.23. The predicted molar refractivity (Wildman–Crippen MR) is 121 cm³/mol. The fourth-order valence-electron chi connectivity index (χ4n) is 3.65. The molecule has 1 heterocycles. The third-order valence-electron chi connectivity index (χ3n) is 5.28. The van der Waals surface area contributed by atoms with Crippen LogP contribution < -0.4 is 4.74 Å². The first-order chi connectivity index (χ1) is 15.1. The van der Waals surface area contributed by atoms with E-state index in [2.05, 4.69) is 4.98 Å². The standard InChI is InChI=1S/C22H25N3O6S/c1-5-24(6-2)32(29,30)16-11-12-20(19(13-16)25(27)28)31-15(4)22(26)21-14(3)23-18-10-8-7-9-17(18)21/h7-13,15,23H,5-6H2,1-4H3. The molecule has 170 valence electrons. The number of sulfonamides is 1. The van der Waals surface area contributed by atoms with Crippen LogP contribution in [0.3, 0.4) is 0 Å². The van der Waals surface area contributed by atoms with Crippen molar-refractivity contribution in [3.8, 4) is 5.75 Å². The molecule has 0 aliphatic heterocycles. The molecule has 1 N–H and O–H groups in total. The lowest BCUT2D eigenvalue weighted by molar-refractivity contribution is -0.386. The van der Waals surface area contributed by atoms with E-state index in [-0.39, 0.29) is 29.5 Å². The number of H-pyrrole nitrogens is 1. The smallest absolute Gasteiger partial charge is 0.312 e. The number of nitrogens with one attached hydrogen (secondary N) is 1. The van der Waals surface area contributed by atoms with Crippen molar-refractivity contribution in [1.82, 2.24) is 9.29 Å². The molecule has 3 aromatic rings. The molecule has 0 radical (unpaired) electrons. The van der Waals surface area contributed by atoms with Crippen LogP contribution in [0.2, 0.25) is 0 Å². The minimum atomic E-state index is -3.88. The number of aryl methyl sites for hydroxylation is 1. The third-order valence-corrected chi connectivity index (χ3v) is 7.33. The van der Waals surface area contributed by atoms with Gasteiger partial charge < -0.3 is 9.72 Å². The molecular weight excluding hydrogens is 434 g/mol. The summed E-state index contributed by atoms with van der Waals surface area (Å²) in [5.74, 6) is -0.513. The van der Waals surface area contributed by atoms with E-state index in [1.165, 1.54) is 23.4 Å². The predicted octanol–water partition coefficient (Wildman–Crippen LogP) is 4.07. The SMILES string of the molecule is CCN(CC)S(=O)(=O)c1ccc(OC(C)C(=O)c2c(C)[nH]c3ccccc23)c([N+](=O)[O-])c1. The summed E-state index contributed by atoms with van der Waals surface area (Å²) < 4.78 is 32.3. The van der Waals surface area contributed by atoms with E-state index in [4.69, 9.17) is 4.74 Å². The first-order valence-corrected chi connectivity index (χ1v) is 11.6. The number of ketones is 1. The van der Waals surface area contributed by atoms with E-state index < -0.39 is 26.7 Å². The van der Waals surface area contributed by atoms with Gasteiger partial charge in [-0.3, -0.25) is 14.9 Å². The van der Waals surface area contributed by atoms with Crippen molar-refractivity contribution in [2.24, 2.45) is 0 Å². The van der Waals surface area contributed by atoms with Gasteiger partial charge in [0.25, 0.3) is 0 Å². The van der Waals surface area contributed by atoms with Gasteiger partial charge in [-0.1, -0.05) is 32.0 Å². The zero-order valence-electron chi connectivity index (χ0n) is 18.3. The van der Waals surface area contributed by atoms with Gasteiger partial charge in [0.05, 0.1) is 9.82 Å². The fraction of sp³-hybridized carbons (Fsp3) is 0.318. The van der Waals surface area contributed by atoms with Crippen LogP contribution in [0, 0.1) is 17.0 Å². The van der Waals surface area contributed by atoms with Crippen LogP contribution in [0.1, 0.15) is 36.8 Å².